The molecule has 0 heterocycles. The van der Waals surface area contributed by atoms with Crippen LogP contribution in [0.15, 0.2) is 18.2 Å². The molecule has 1 aromatic carbocycles. The van der Waals surface area contributed by atoms with E-state index in [-0.39, 0.29) is 18.3 Å². The number of hydrogen-bond donors (Lipinski definition) is 1. The van der Waals surface area contributed by atoms with Gasteiger partial charge in [-0.2, -0.15) is 0 Å². The van der Waals surface area contributed by atoms with Gasteiger partial charge in [0.05, 0.1) is 17.2 Å². The van der Waals surface area contributed by atoms with Gasteiger partial charge < -0.3 is 10.1 Å². The molecule has 4 aliphatic carbocycles. The summed E-state index contributed by atoms with van der Waals surface area (Å²) in [6.45, 7) is 0.910. The van der Waals surface area contributed by atoms with Crippen molar-refractivity contribution in [3.8, 4) is 0 Å². The van der Waals surface area contributed by atoms with E-state index in [0.29, 0.717) is 20.6 Å². The summed E-state index contributed by atoms with van der Waals surface area (Å²) in [5, 5.41) is 5.84. The largest absolute Gasteiger partial charge is 0.490 e. The quantitative estimate of drug-likeness (QED) is 0.507. The minimum atomic E-state index is 0. The lowest BCUT2D eigenvalue weighted by Gasteiger charge is -2.57. The zero-order chi connectivity index (χ0) is 18.3. The first kappa shape index (κ1) is 21.6. The Balaban J connectivity index is 0.00000210. The van der Waals surface area contributed by atoms with Gasteiger partial charge in [0.25, 0.3) is 0 Å². The van der Waals surface area contributed by atoms with Crippen LogP contribution in [0.2, 0.25) is 10.0 Å². The van der Waals surface area contributed by atoms with Crippen LogP contribution < -0.4 is 5.32 Å². The summed E-state index contributed by atoms with van der Waals surface area (Å²) in [5.74, 6) is 3.08. The Morgan fingerprint density at radius 1 is 1.15 bits per heavy atom. The number of rotatable bonds is 6. The molecule has 0 amide bonds. The Kier molecular flexibility index (Phi) is 7.01. The van der Waals surface area contributed by atoms with Gasteiger partial charge in [-0.15, -0.1) is 12.4 Å². The van der Waals surface area contributed by atoms with E-state index in [9.17, 15) is 0 Å². The van der Waals surface area contributed by atoms with Crippen molar-refractivity contribution in [1.82, 2.24) is 5.32 Å². The first-order valence-electron chi connectivity index (χ1n) is 9.73. The Morgan fingerprint density at radius 2 is 1.74 bits per heavy atom. The molecule has 0 radical (unpaired) electrons. The lowest BCUT2D eigenvalue weighted by Crippen LogP contribution is -2.59. The van der Waals surface area contributed by atoms with E-state index in [0.717, 1.165) is 30.7 Å². The van der Waals surface area contributed by atoms with Gasteiger partial charge in [-0.1, -0.05) is 29.3 Å². The van der Waals surface area contributed by atoms with Crippen molar-refractivity contribution < 1.29 is 4.74 Å². The van der Waals surface area contributed by atoms with Crippen LogP contribution in [0, 0.1) is 17.8 Å². The zero-order valence-electron chi connectivity index (χ0n) is 15.7. The molecule has 1 unspecified atom stereocenters. The van der Waals surface area contributed by atoms with Crippen LogP contribution in [0.4, 0.5) is 0 Å². The maximum Gasteiger partial charge on any atom is 0.159 e. The Labute approximate surface area is 184 Å². The summed E-state index contributed by atoms with van der Waals surface area (Å²) in [5.41, 5.74) is 1.52. The SMILES string of the molecule is COC(=S)CC(CNC12CC3CC(CC(C3)C1)C2)c1ccc(Cl)c(Cl)c1.Cl. The smallest absolute Gasteiger partial charge is 0.159 e. The van der Waals surface area contributed by atoms with Crippen molar-refractivity contribution in [3.63, 3.8) is 0 Å². The topological polar surface area (TPSA) is 21.3 Å². The maximum atomic E-state index is 6.27. The number of ether oxygens (including phenoxy) is 1. The fourth-order valence-electron chi connectivity index (χ4n) is 6.03. The fraction of sp³-hybridized carbons (Fsp3) is 0.667. The molecule has 1 atom stereocenters. The van der Waals surface area contributed by atoms with E-state index in [4.69, 9.17) is 40.2 Å². The Hall–Kier alpha value is -0.0600. The van der Waals surface area contributed by atoms with E-state index in [1.165, 1.54) is 44.1 Å². The summed E-state index contributed by atoms with van der Waals surface area (Å²) < 4.78 is 5.30. The molecule has 1 aromatic rings. The molecule has 1 N–H and O–H groups in total. The first-order valence-corrected chi connectivity index (χ1v) is 10.9. The standard InChI is InChI=1S/C21H27Cl2NOS.ClH/c1-25-20(26)8-17(16-2-3-18(22)19(23)7-16)12-24-21-9-13-4-14(10-21)6-15(5-13)11-21;/h2-3,7,13-15,17,24H,4-6,8-12H2,1H3;1H. The normalized spacial score (nSPS) is 32.0. The molecule has 0 saturated heterocycles. The van der Waals surface area contributed by atoms with Crippen molar-refractivity contribution in [1.29, 1.82) is 0 Å². The summed E-state index contributed by atoms with van der Waals surface area (Å²) in [7, 11) is 1.65. The fourth-order valence-corrected chi connectivity index (χ4v) is 6.53. The maximum absolute atomic E-state index is 6.27. The molecule has 0 spiro atoms. The molecule has 0 aromatic heterocycles. The minimum absolute atomic E-state index is 0. The van der Waals surface area contributed by atoms with Crippen LogP contribution in [0.3, 0.4) is 0 Å². The van der Waals surface area contributed by atoms with Gasteiger partial charge in [-0.05, 0) is 86.2 Å². The molecule has 4 fully saturated rings. The molecule has 150 valence electrons. The second kappa shape index (κ2) is 8.75. The summed E-state index contributed by atoms with van der Waals surface area (Å²) >= 11 is 17.7. The predicted octanol–water partition coefficient (Wildman–Crippen LogP) is 6.42. The lowest BCUT2D eigenvalue weighted by atomic mass is 9.53. The van der Waals surface area contributed by atoms with Gasteiger partial charge in [-0.25, -0.2) is 0 Å². The molecule has 5 rings (SSSR count). The highest BCUT2D eigenvalue weighted by Gasteiger charge is 2.50. The molecule has 2 nitrogen and oxygen atoms in total. The van der Waals surface area contributed by atoms with Gasteiger partial charge in [0.15, 0.2) is 5.05 Å². The van der Waals surface area contributed by atoms with E-state index in [2.05, 4.69) is 11.4 Å². The first-order chi connectivity index (χ1) is 12.5. The summed E-state index contributed by atoms with van der Waals surface area (Å²) in [6, 6.07) is 5.93. The van der Waals surface area contributed by atoms with E-state index >= 15 is 0 Å². The third-order valence-electron chi connectivity index (χ3n) is 6.82. The second-order valence-electron chi connectivity index (χ2n) is 8.73. The molecular weight excluding hydrogens is 421 g/mol. The minimum Gasteiger partial charge on any atom is -0.490 e. The summed E-state index contributed by atoms with van der Waals surface area (Å²) in [4.78, 5) is 0. The van der Waals surface area contributed by atoms with E-state index < -0.39 is 0 Å². The second-order valence-corrected chi connectivity index (χ2v) is 10.00. The molecule has 27 heavy (non-hydrogen) atoms. The van der Waals surface area contributed by atoms with E-state index in [1.807, 2.05) is 12.1 Å². The number of thiocarbonyl (C=S) groups is 1. The van der Waals surface area contributed by atoms with Crippen molar-refractivity contribution in [2.75, 3.05) is 13.7 Å². The van der Waals surface area contributed by atoms with Crippen LogP contribution in [-0.4, -0.2) is 24.2 Å². The van der Waals surface area contributed by atoms with Gasteiger partial charge in [-0.3, -0.25) is 0 Å². The number of methoxy groups -OCH3 is 1. The van der Waals surface area contributed by atoms with Crippen LogP contribution in [-0.2, 0) is 4.74 Å². The highest BCUT2D eigenvalue weighted by atomic mass is 35.5. The monoisotopic (exact) mass is 447 g/mol. The number of hydrogen-bond acceptors (Lipinski definition) is 3. The van der Waals surface area contributed by atoms with Crippen molar-refractivity contribution >= 4 is 52.9 Å². The van der Waals surface area contributed by atoms with Gasteiger partial charge in [0.2, 0.25) is 0 Å². The molecular formula is C21H28Cl3NOS. The van der Waals surface area contributed by atoms with Crippen molar-refractivity contribution in [2.45, 2.75) is 56.4 Å². The highest BCUT2D eigenvalue weighted by molar-refractivity contribution is 7.80. The van der Waals surface area contributed by atoms with E-state index in [1.54, 1.807) is 7.11 Å². The highest BCUT2D eigenvalue weighted by Crippen LogP contribution is 2.55. The molecule has 0 aliphatic heterocycles. The van der Waals surface area contributed by atoms with Crippen LogP contribution in [0.25, 0.3) is 0 Å². The summed E-state index contributed by atoms with van der Waals surface area (Å²) in [6.07, 6.45) is 9.16. The van der Waals surface area contributed by atoms with Gasteiger partial charge in [0, 0.05) is 24.4 Å². The molecule has 4 bridgehead atoms. The molecule has 6 heteroatoms. The van der Waals surface area contributed by atoms with Gasteiger partial charge >= 0.3 is 0 Å². The average molecular weight is 449 g/mol. The third-order valence-corrected chi connectivity index (χ3v) is 7.89. The van der Waals surface area contributed by atoms with Crippen LogP contribution in [0.5, 0.6) is 0 Å². The third kappa shape index (κ3) is 4.75. The molecule has 4 aliphatic rings. The van der Waals surface area contributed by atoms with Crippen LogP contribution >= 0.6 is 47.8 Å². The van der Waals surface area contributed by atoms with Crippen LogP contribution in [0.1, 0.15) is 56.4 Å². The number of benzene rings is 1. The molecule has 4 saturated carbocycles. The predicted molar refractivity (Wildman–Crippen MR) is 120 cm³/mol. The average Bonchev–Trinajstić information content (AvgIpc) is 2.59. The Bertz CT molecular complexity index is 661. The Morgan fingerprint density at radius 3 is 2.26 bits per heavy atom. The van der Waals surface area contributed by atoms with Gasteiger partial charge in [0.1, 0.15) is 0 Å². The zero-order valence-corrected chi connectivity index (χ0v) is 18.8. The number of nitrogens with one attached hydrogen (secondary N) is 1. The lowest BCUT2D eigenvalue weighted by molar-refractivity contribution is -0.0201. The van der Waals surface area contributed by atoms with Crippen molar-refractivity contribution in [3.05, 3.63) is 33.8 Å². The number of halogens is 3. The van der Waals surface area contributed by atoms with Crippen molar-refractivity contribution in [2.24, 2.45) is 17.8 Å².